The molecule has 182 valence electrons. The third-order valence-electron chi connectivity index (χ3n) is 7.18. The van der Waals surface area contributed by atoms with Crippen LogP contribution < -0.4 is 5.32 Å². The van der Waals surface area contributed by atoms with Crippen LogP contribution in [0.15, 0.2) is 30.3 Å². The normalized spacial score (nSPS) is 23.9. The fraction of sp³-hybridized carbons (Fsp3) is 0.538. The zero-order valence-corrected chi connectivity index (χ0v) is 21.0. The number of amides is 4. The highest BCUT2D eigenvalue weighted by molar-refractivity contribution is 6.09. The van der Waals surface area contributed by atoms with Crippen LogP contribution in [0.3, 0.4) is 0 Å². The number of urea groups is 1. The highest BCUT2D eigenvalue weighted by Crippen LogP contribution is 2.46. The zero-order chi connectivity index (χ0) is 24.8. The number of carbonyl (C=O) groups excluding carboxylic acids is 3. The second-order valence-electron chi connectivity index (χ2n) is 10.9. The van der Waals surface area contributed by atoms with Crippen molar-refractivity contribution in [2.45, 2.75) is 66.0 Å². The molecule has 1 aliphatic heterocycles. The number of hydrogen-bond donors (Lipinski definition) is 1. The van der Waals surface area contributed by atoms with Crippen molar-refractivity contribution in [3.8, 4) is 5.69 Å². The molecule has 1 spiro atoms. The van der Waals surface area contributed by atoms with Crippen LogP contribution in [0.1, 0.15) is 57.0 Å². The van der Waals surface area contributed by atoms with Crippen molar-refractivity contribution in [2.75, 3.05) is 13.6 Å². The fourth-order valence-electron chi connectivity index (χ4n) is 5.96. The molecule has 4 rings (SSSR count). The maximum absolute atomic E-state index is 13.4. The van der Waals surface area contributed by atoms with Crippen molar-refractivity contribution >= 4 is 17.8 Å². The Balaban J connectivity index is 1.47. The molecule has 34 heavy (non-hydrogen) atoms. The molecule has 1 N–H and O–H groups in total. The summed E-state index contributed by atoms with van der Waals surface area (Å²) in [6.07, 6.45) is 2.21. The van der Waals surface area contributed by atoms with E-state index >= 15 is 0 Å². The Kier molecular flexibility index (Phi) is 6.04. The summed E-state index contributed by atoms with van der Waals surface area (Å²) < 4.78 is 1.87. The first-order chi connectivity index (χ1) is 15.9. The van der Waals surface area contributed by atoms with Crippen molar-refractivity contribution in [3.63, 3.8) is 0 Å². The van der Waals surface area contributed by atoms with E-state index in [0.717, 1.165) is 34.0 Å². The molecule has 8 nitrogen and oxygen atoms in total. The first kappa shape index (κ1) is 24.0. The largest absolute Gasteiger partial charge is 0.340 e. The van der Waals surface area contributed by atoms with Gasteiger partial charge in [-0.05, 0) is 56.6 Å². The van der Waals surface area contributed by atoms with E-state index in [2.05, 4.69) is 31.2 Å². The molecule has 2 unspecified atom stereocenters. The highest BCUT2D eigenvalue weighted by Gasteiger charge is 2.56. The molecule has 1 saturated heterocycles. The van der Waals surface area contributed by atoms with Crippen LogP contribution in [-0.2, 0) is 16.1 Å². The Morgan fingerprint density at radius 1 is 1.18 bits per heavy atom. The van der Waals surface area contributed by atoms with Gasteiger partial charge in [-0.2, -0.15) is 5.10 Å². The average molecular weight is 466 g/mol. The maximum atomic E-state index is 13.4. The molecule has 2 aromatic rings. The van der Waals surface area contributed by atoms with Crippen molar-refractivity contribution in [1.29, 1.82) is 0 Å². The fourth-order valence-corrected chi connectivity index (χ4v) is 5.96. The minimum atomic E-state index is -0.902. The van der Waals surface area contributed by atoms with Crippen LogP contribution in [0.25, 0.3) is 5.69 Å². The average Bonchev–Trinajstić information content (AvgIpc) is 3.14. The Morgan fingerprint density at radius 3 is 2.50 bits per heavy atom. The van der Waals surface area contributed by atoms with Crippen molar-refractivity contribution in [3.05, 3.63) is 47.3 Å². The van der Waals surface area contributed by atoms with Crippen molar-refractivity contribution < 1.29 is 14.4 Å². The topological polar surface area (TPSA) is 87.5 Å². The Morgan fingerprint density at radius 2 is 1.85 bits per heavy atom. The number of aromatic nitrogens is 2. The maximum Gasteiger partial charge on any atom is 0.325 e. The number of imide groups is 1. The van der Waals surface area contributed by atoms with E-state index in [1.165, 1.54) is 0 Å². The van der Waals surface area contributed by atoms with Crippen LogP contribution in [-0.4, -0.2) is 56.6 Å². The lowest BCUT2D eigenvalue weighted by atomic mass is 9.64. The molecule has 1 aromatic heterocycles. The molecule has 1 saturated carbocycles. The number of likely N-dealkylation sites (N-methyl/N-ethyl adjacent to an activating group) is 1. The number of carbonyl (C=O) groups is 3. The van der Waals surface area contributed by atoms with E-state index in [1.54, 1.807) is 11.9 Å². The second-order valence-corrected chi connectivity index (χ2v) is 10.9. The molecule has 2 atom stereocenters. The molecular weight excluding hydrogens is 430 g/mol. The van der Waals surface area contributed by atoms with Gasteiger partial charge in [-0.15, -0.1) is 0 Å². The summed E-state index contributed by atoms with van der Waals surface area (Å²) in [6.45, 7) is 10.4. The molecule has 4 amide bonds. The number of para-hydroxylation sites is 1. The van der Waals surface area contributed by atoms with Crippen molar-refractivity contribution in [2.24, 2.45) is 11.3 Å². The van der Waals surface area contributed by atoms with Crippen LogP contribution >= 0.6 is 0 Å². The predicted octanol–water partition coefficient (Wildman–Crippen LogP) is 3.58. The van der Waals surface area contributed by atoms with Gasteiger partial charge in [0.15, 0.2) is 0 Å². The van der Waals surface area contributed by atoms with Gasteiger partial charge < -0.3 is 10.2 Å². The van der Waals surface area contributed by atoms with Crippen LogP contribution in [0.5, 0.6) is 0 Å². The summed E-state index contributed by atoms with van der Waals surface area (Å²) in [5, 5.41) is 7.59. The first-order valence-electron chi connectivity index (χ1n) is 11.9. The minimum absolute atomic E-state index is 0.0502. The third kappa shape index (κ3) is 4.33. The van der Waals surface area contributed by atoms with E-state index in [0.29, 0.717) is 25.3 Å². The standard InChI is InChI=1S/C26H35N5O3/c1-17-12-25(4,5)16-26(13-17)23(33)30(24(34)27-26)15-22(32)29(6)14-21-18(2)28-31(19(21)3)20-10-8-7-9-11-20/h7-11,17H,12-16H2,1-6H3,(H,27,34). The number of rotatable bonds is 5. The molecule has 1 aromatic carbocycles. The Labute approximate surface area is 201 Å². The van der Waals surface area contributed by atoms with Gasteiger partial charge in [-0.1, -0.05) is 39.0 Å². The van der Waals surface area contributed by atoms with Gasteiger partial charge in [0, 0.05) is 24.8 Å². The lowest BCUT2D eigenvalue weighted by molar-refractivity contribution is -0.140. The monoisotopic (exact) mass is 465 g/mol. The zero-order valence-electron chi connectivity index (χ0n) is 21.0. The molecule has 0 radical (unpaired) electrons. The minimum Gasteiger partial charge on any atom is -0.340 e. The second kappa shape index (κ2) is 8.56. The quantitative estimate of drug-likeness (QED) is 0.684. The highest BCUT2D eigenvalue weighted by atomic mass is 16.2. The summed E-state index contributed by atoms with van der Waals surface area (Å²) in [4.78, 5) is 41.9. The molecule has 8 heteroatoms. The van der Waals surface area contributed by atoms with E-state index in [1.807, 2.05) is 48.9 Å². The van der Waals surface area contributed by atoms with Gasteiger partial charge in [0.1, 0.15) is 12.1 Å². The molecule has 0 bridgehead atoms. The summed E-state index contributed by atoms with van der Waals surface area (Å²) in [5.41, 5.74) is 2.75. The number of nitrogens with zero attached hydrogens (tertiary/aromatic N) is 4. The molecule has 1 aliphatic carbocycles. The SMILES string of the molecule is Cc1nn(-c2ccccc2)c(C)c1CN(C)C(=O)CN1C(=O)NC2(CC(C)CC(C)(C)C2)C1=O. The predicted molar refractivity (Wildman–Crippen MR) is 129 cm³/mol. The summed E-state index contributed by atoms with van der Waals surface area (Å²) in [5.74, 6) is -0.239. The first-order valence-corrected chi connectivity index (χ1v) is 11.9. The lowest BCUT2D eigenvalue weighted by Gasteiger charge is -2.43. The van der Waals surface area contributed by atoms with Crippen molar-refractivity contribution in [1.82, 2.24) is 24.9 Å². The van der Waals surface area contributed by atoms with E-state index < -0.39 is 11.6 Å². The van der Waals surface area contributed by atoms with E-state index in [9.17, 15) is 14.4 Å². The van der Waals surface area contributed by atoms with E-state index in [-0.39, 0.29) is 23.8 Å². The summed E-state index contributed by atoms with van der Waals surface area (Å²) in [6, 6.07) is 9.37. The molecule has 2 heterocycles. The van der Waals surface area contributed by atoms with Crippen LogP contribution in [0.2, 0.25) is 0 Å². The molecule has 2 fully saturated rings. The summed E-state index contributed by atoms with van der Waals surface area (Å²) >= 11 is 0. The van der Waals surface area contributed by atoms with Gasteiger partial charge >= 0.3 is 6.03 Å². The number of hydrogen-bond acceptors (Lipinski definition) is 4. The number of benzene rings is 1. The van der Waals surface area contributed by atoms with E-state index in [4.69, 9.17) is 0 Å². The van der Waals surface area contributed by atoms with Crippen LogP contribution in [0, 0.1) is 25.2 Å². The Bertz CT molecular complexity index is 1120. The van der Waals surface area contributed by atoms with Crippen LogP contribution in [0.4, 0.5) is 4.79 Å². The van der Waals surface area contributed by atoms with Gasteiger partial charge in [0.25, 0.3) is 5.91 Å². The number of aryl methyl sites for hydroxylation is 1. The summed E-state index contributed by atoms with van der Waals surface area (Å²) in [7, 11) is 1.70. The van der Waals surface area contributed by atoms with Gasteiger partial charge in [-0.25, -0.2) is 9.48 Å². The number of nitrogens with one attached hydrogen (secondary N) is 1. The van der Waals surface area contributed by atoms with Gasteiger partial charge in [0.2, 0.25) is 5.91 Å². The smallest absolute Gasteiger partial charge is 0.325 e. The van der Waals surface area contributed by atoms with Gasteiger partial charge in [0.05, 0.1) is 11.4 Å². The molecular formula is C26H35N5O3. The lowest BCUT2D eigenvalue weighted by Crippen LogP contribution is -2.54. The third-order valence-corrected chi connectivity index (χ3v) is 7.18. The molecule has 2 aliphatic rings. The van der Waals surface area contributed by atoms with Gasteiger partial charge in [-0.3, -0.25) is 14.5 Å². The Hall–Kier alpha value is -3.16.